The lowest BCUT2D eigenvalue weighted by atomic mass is 10.2. The molecule has 0 aromatic carbocycles. The van der Waals surface area contributed by atoms with Crippen LogP contribution in [0.15, 0.2) is 0 Å². The molecule has 1 N–H and O–H groups in total. The molecule has 108 valence electrons. The normalized spacial score (nSPS) is 23.2. The maximum atomic E-state index is 12.2. The number of morpholine rings is 1. The molecule has 2 rings (SSSR count). The number of piperazine rings is 1. The minimum absolute atomic E-state index is 0.0472. The third kappa shape index (κ3) is 3.36. The summed E-state index contributed by atoms with van der Waals surface area (Å²) >= 11 is 0. The second-order valence-corrected chi connectivity index (χ2v) is 4.92. The molecule has 0 aromatic rings. The zero-order valence-electron chi connectivity index (χ0n) is 11.2. The molecule has 1 atom stereocenters. The van der Waals surface area contributed by atoms with Gasteiger partial charge in [0.15, 0.2) is 0 Å². The standard InChI is InChI=1S/C12H21N3O4/c1-10(11(16)17)13-2-4-14(5-3-13)12(18)15-6-8-19-9-7-15/h10H,2-9H2,1H3,(H,16,17). The summed E-state index contributed by atoms with van der Waals surface area (Å²) in [6, 6.07) is -0.438. The number of hydrogen-bond donors (Lipinski definition) is 1. The van der Waals surface area contributed by atoms with Gasteiger partial charge in [0.2, 0.25) is 0 Å². The Kier molecular flexibility index (Phi) is 4.60. The van der Waals surface area contributed by atoms with Crippen molar-refractivity contribution >= 4 is 12.0 Å². The number of carbonyl (C=O) groups excluding carboxylic acids is 1. The van der Waals surface area contributed by atoms with Gasteiger partial charge in [0.05, 0.1) is 13.2 Å². The summed E-state index contributed by atoms with van der Waals surface area (Å²) in [6.07, 6.45) is 0. The van der Waals surface area contributed by atoms with Crippen LogP contribution < -0.4 is 0 Å². The van der Waals surface area contributed by atoms with Crippen molar-refractivity contribution in [3.8, 4) is 0 Å². The van der Waals surface area contributed by atoms with Crippen LogP contribution in [0.5, 0.6) is 0 Å². The van der Waals surface area contributed by atoms with Crippen LogP contribution in [0.2, 0.25) is 0 Å². The Morgan fingerprint density at radius 2 is 1.53 bits per heavy atom. The van der Waals surface area contributed by atoms with Crippen LogP contribution in [-0.4, -0.2) is 90.3 Å². The summed E-state index contributed by atoms with van der Waals surface area (Å²) in [5.74, 6) is -0.812. The molecule has 1 unspecified atom stereocenters. The average molecular weight is 271 g/mol. The second kappa shape index (κ2) is 6.21. The molecule has 2 aliphatic rings. The molecule has 2 aliphatic heterocycles. The summed E-state index contributed by atoms with van der Waals surface area (Å²) in [7, 11) is 0. The van der Waals surface area contributed by atoms with Gasteiger partial charge >= 0.3 is 12.0 Å². The average Bonchev–Trinajstić information content (AvgIpc) is 2.46. The first-order chi connectivity index (χ1) is 9.09. The van der Waals surface area contributed by atoms with Crippen LogP contribution in [0.4, 0.5) is 4.79 Å². The Morgan fingerprint density at radius 3 is 2.05 bits per heavy atom. The molecule has 7 heteroatoms. The molecule has 2 saturated heterocycles. The van der Waals surface area contributed by atoms with Crippen molar-refractivity contribution in [1.82, 2.24) is 14.7 Å². The summed E-state index contributed by atoms with van der Waals surface area (Å²) in [6.45, 7) is 6.58. The Balaban J connectivity index is 1.82. The van der Waals surface area contributed by atoms with Crippen molar-refractivity contribution in [3.05, 3.63) is 0 Å². The zero-order chi connectivity index (χ0) is 13.8. The molecule has 0 aliphatic carbocycles. The van der Waals surface area contributed by atoms with E-state index in [4.69, 9.17) is 9.84 Å². The molecule has 2 amide bonds. The highest BCUT2D eigenvalue weighted by molar-refractivity contribution is 5.75. The molecule has 7 nitrogen and oxygen atoms in total. The number of rotatable bonds is 2. The summed E-state index contributed by atoms with van der Waals surface area (Å²) in [5, 5.41) is 8.97. The molecule has 0 radical (unpaired) electrons. The van der Waals surface area contributed by atoms with Crippen LogP contribution >= 0.6 is 0 Å². The van der Waals surface area contributed by atoms with Crippen LogP contribution in [0.25, 0.3) is 0 Å². The maximum Gasteiger partial charge on any atom is 0.320 e. The maximum absolute atomic E-state index is 12.2. The van der Waals surface area contributed by atoms with Gasteiger partial charge in [0, 0.05) is 39.3 Å². The van der Waals surface area contributed by atoms with Gasteiger partial charge in [-0.2, -0.15) is 0 Å². The Bertz CT molecular complexity index is 336. The highest BCUT2D eigenvalue weighted by Gasteiger charge is 2.29. The molecule has 0 spiro atoms. The van der Waals surface area contributed by atoms with E-state index >= 15 is 0 Å². The number of ether oxygens (including phenoxy) is 1. The van der Waals surface area contributed by atoms with Gasteiger partial charge in [-0.1, -0.05) is 0 Å². The third-order valence-corrected chi connectivity index (χ3v) is 3.77. The van der Waals surface area contributed by atoms with Crippen LogP contribution in [0.3, 0.4) is 0 Å². The van der Waals surface area contributed by atoms with Crippen molar-refractivity contribution < 1.29 is 19.4 Å². The van der Waals surface area contributed by atoms with E-state index in [1.54, 1.807) is 16.7 Å². The van der Waals surface area contributed by atoms with Crippen molar-refractivity contribution in [2.75, 3.05) is 52.5 Å². The van der Waals surface area contributed by atoms with Gasteiger partial charge in [-0.3, -0.25) is 9.69 Å². The van der Waals surface area contributed by atoms with Crippen molar-refractivity contribution in [3.63, 3.8) is 0 Å². The molecule has 0 aromatic heterocycles. The summed E-state index contributed by atoms with van der Waals surface area (Å²) < 4.78 is 5.23. The number of hydrogen-bond acceptors (Lipinski definition) is 4. The fraction of sp³-hybridized carbons (Fsp3) is 0.833. The molecule has 2 heterocycles. The highest BCUT2D eigenvalue weighted by Crippen LogP contribution is 2.10. The predicted molar refractivity (Wildman–Crippen MR) is 68.0 cm³/mol. The number of carbonyl (C=O) groups is 2. The minimum Gasteiger partial charge on any atom is -0.480 e. The molecule has 0 bridgehead atoms. The van der Waals surface area contributed by atoms with Gasteiger partial charge in [-0.25, -0.2) is 4.79 Å². The highest BCUT2D eigenvalue weighted by atomic mass is 16.5. The van der Waals surface area contributed by atoms with Gasteiger partial charge < -0.3 is 19.6 Å². The van der Waals surface area contributed by atoms with Gasteiger partial charge in [0.25, 0.3) is 0 Å². The first-order valence-electron chi connectivity index (χ1n) is 6.68. The minimum atomic E-state index is -0.812. The lowest BCUT2D eigenvalue weighted by Gasteiger charge is -2.39. The van der Waals surface area contributed by atoms with E-state index in [1.807, 2.05) is 4.90 Å². The number of carboxylic acids is 1. The van der Waals surface area contributed by atoms with Gasteiger partial charge in [0.1, 0.15) is 6.04 Å². The topological polar surface area (TPSA) is 73.3 Å². The lowest BCUT2D eigenvalue weighted by Crippen LogP contribution is -2.57. The zero-order valence-corrected chi connectivity index (χ0v) is 11.2. The van der Waals surface area contributed by atoms with E-state index in [2.05, 4.69) is 0 Å². The van der Waals surface area contributed by atoms with Crippen LogP contribution in [0, 0.1) is 0 Å². The van der Waals surface area contributed by atoms with E-state index in [0.717, 1.165) is 0 Å². The molecular formula is C12H21N3O4. The van der Waals surface area contributed by atoms with E-state index in [-0.39, 0.29) is 6.03 Å². The Morgan fingerprint density at radius 1 is 1.00 bits per heavy atom. The van der Waals surface area contributed by atoms with Crippen molar-refractivity contribution in [2.45, 2.75) is 13.0 Å². The quantitative estimate of drug-likeness (QED) is 0.735. The summed E-state index contributed by atoms with van der Waals surface area (Å²) in [5.41, 5.74) is 0. The first kappa shape index (κ1) is 14.1. The molecule has 2 fully saturated rings. The SMILES string of the molecule is CC(C(=O)O)N1CCN(C(=O)N2CCOCC2)CC1. The van der Waals surface area contributed by atoms with E-state index in [1.165, 1.54) is 0 Å². The van der Waals surface area contributed by atoms with Crippen molar-refractivity contribution in [2.24, 2.45) is 0 Å². The molecule has 19 heavy (non-hydrogen) atoms. The smallest absolute Gasteiger partial charge is 0.320 e. The second-order valence-electron chi connectivity index (χ2n) is 4.92. The lowest BCUT2D eigenvalue weighted by molar-refractivity contribution is -0.143. The van der Waals surface area contributed by atoms with Gasteiger partial charge in [-0.15, -0.1) is 0 Å². The molecule has 0 saturated carbocycles. The summed E-state index contributed by atoms with van der Waals surface area (Å²) in [4.78, 5) is 28.6. The number of aliphatic carboxylic acids is 1. The number of carboxylic acid groups (broad SMARTS) is 1. The Labute approximate surface area is 112 Å². The van der Waals surface area contributed by atoms with E-state index in [0.29, 0.717) is 52.5 Å². The van der Waals surface area contributed by atoms with Crippen LogP contribution in [0.1, 0.15) is 6.92 Å². The first-order valence-corrected chi connectivity index (χ1v) is 6.68. The fourth-order valence-corrected chi connectivity index (χ4v) is 2.41. The Hall–Kier alpha value is -1.34. The van der Waals surface area contributed by atoms with Crippen LogP contribution in [-0.2, 0) is 9.53 Å². The van der Waals surface area contributed by atoms with E-state index < -0.39 is 12.0 Å². The number of amides is 2. The number of nitrogens with zero attached hydrogens (tertiary/aromatic N) is 3. The predicted octanol–water partition coefficient (Wildman–Crippen LogP) is -0.471. The largest absolute Gasteiger partial charge is 0.480 e. The van der Waals surface area contributed by atoms with Gasteiger partial charge in [-0.05, 0) is 6.92 Å². The fourth-order valence-electron chi connectivity index (χ4n) is 2.41. The molecular weight excluding hydrogens is 250 g/mol. The van der Waals surface area contributed by atoms with Crippen molar-refractivity contribution in [1.29, 1.82) is 0 Å². The number of urea groups is 1. The van der Waals surface area contributed by atoms with E-state index in [9.17, 15) is 9.59 Å². The third-order valence-electron chi connectivity index (χ3n) is 3.77. The monoisotopic (exact) mass is 271 g/mol.